The Morgan fingerprint density at radius 1 is 1.52 bits per heavy atom. The van der Waals surface area contributed by atoms with Gasteiger partial charge in [0, 0.05) is 36.5 Å². The molecule has 3 N–H and O–H groups in total. The van der Waals surface area contributed by atoms with Gasteiger partial charge in [-0.15, -0.1) is 11.3 Å². The van der Waals surface area contributed by atoms with Crippen molar-refractivity contribution in [3.8, 4) is 0 Å². The second kappa shape index (κ2) is 11.2. The van der Waals surface area contributed by atoms with E-state index in [9.17, 15) is 10.1 Å². The summed E-state index contributed by atoms with van der Waals surface area (Å²) in [6.07, 6.45) is 0.869. The zero-order valence-electron chi connectivity index (χ0n) is 13.3. The van der Waals surface area contributed by atoms with E-state index in [0.29, 0.717) is 12.4 Å². The Morgan fingerprint density at radius 3 is 2.91 bits per heavy atom. The van der Waals surface area contributed by atoms with Crippen LogP contribution in [0.4, 0.5) is 0 Å². The van der Waals surface area contributed by atoms with E-state index < -0.39 is 4.92 Å². The highest BCUT2D eigenvalue weighted by Crippen LogP contribution is 2.16. The van der Waals surface area contributed by atoms with Crippen molar-refractivity contribution < 1.29 is 10.0 Å². The van der Waals surface area contributed by atoms with Crippen LogP contribution < -0.4 is 10.6 Å². The Bertz CT molecular complexity index is 508. The largest absolute Gasteiger partial charge is 0.395 e. The van der Waals surface area contributed by atoms with Crippen LogP contribution in [0.15, 0.2) is 17.4 Å². The zero-order valence-corrected chi connectivity index (χ0v) is 15.0. The summed E-state index contributed by atoms with van der Waals surface area (Å²) < 4.78 is 0. The van der Waals surface area contributed by atoms with Crippen molar-refractivity contribution in [3.05, 3.63) is 38.2 Å². The first-order valence-electron chi connectivity index (χ1n) is 7.11. The van der Waals surface area contributed by atoms with Gasteiger partial charge in [0.25, 0.3) is 6.20 Å². The number of aromatic nitrogens is 1. The smallest absolute Gasteiger partial charge is 0.274 e. The molecule has 1 heterocycles. The van der Waals surface area contributed by atoms with Crippen LogP contribution in [0.25, 0.3) is 0 Å². The fraction of sp³-hybridized carbons (Fsp3) is 0.615. The Morgan fingerprint density at radius 2 is 2.26 bits per heavy atom. The molecule has 0 aromatic carbocycles. The number of hydrogen-bond acceptors (Lipinski definition) is 9. The lowest BCUT2D eigenvalue weighted by atomic mass is 10.5. The molecule has 0 atom stereocenters. The Labute approximate surface area is 144 Å². The van der Waals surface area contributed by atoms with Gasteiger partial charge in [0.15, 0.2) is 5.82 Å². The van der Waals surface area contributed by atoms with Crippen LogP contribution >= 0.6 is 23.1 Å². The number of hydrogen-bond donors (Lipinski definition) is 3. The maximum absolute atomic E-state index is 10.5. The molecule has 8 nitrogen and oxygen atoms in total. The molecule has 0 aliphatic carbocycles. The summed E-state index contributed by atoms with van der Waals surface area (Å²) in [5.41, 5.74) is 1.07. The fourth-order valence-electron chi connectivity index (χ4n) is 1.64. The highest BCUT2D eigenvalue weighted by Gasteiger charge is 2.04. The van der Waals surface area contributed by atoms with E-state index >= 15 is 0 Å². The Hall–Kier alpha value is -1.36. The topological polar surface area (TPSA) is 104 Å². The van der Waals surface area contributed by atoms with Crippen molar-refractivity contribution in [2.24, 2.45) is 0 Å². The average Bonchev–Trinajstić information content (AvgIpc) is 2.90. The molecule has 23 heavy (non-hydrogen) atoms. The highest BCUT2D eigenvalue weighted by atomic mass is 32.2. The predicted molar refractivity (Wildman–Crippen MR) is 93.8 cm³/mol. The zero-order chi connectivity index (χ0) is 17.1. The molecule has 0 bridgehead atoms. The Kier molecular flexibility index (Phi) is 9.60. The molecular formula is C13H23N5O3S2. The van der Waals surface area contributed by atoms with Crippen molar-refractivity contribution in [3.63, 3.8) is 0 Å². The van der Waals surface area contributed by atoms with Gasteiger partial charge < -0.3 is 20.6 Å². The summed E-state index contributed by atoms with van der Waals surface area (Å²) in [7, 11) is 4.03. The van der Waals surface area contributed by atoms with Gasteiger partial charge in [0.05, 0.1) is 17.2 Å². The molecule has 1 aromatic heterocycles. The molecule has 1 rings (SSSR count). The molecule has 0 aliphatic heterocycles. The van der Waals surface area contributed by atoms with Crippen molar-refractivity contribution in [2.45, 2.75) is 12.3 Å². The quantitative estimate of drug-likeness (QED) is 0.284. The van der Waals surface area contributed by atoms with Gasteiger partial charge in [0.2, 0.25) is 0 Å². The second-order valence-corrected chi connectivity index (χ2v) is 6.98. The van der Waals surface area contributed by atoms with Crippen LogP contribution in [0.3, 0.4) is 0 Å². The van der Waals surface area contributed by atoms with Crippen LogP contribution in [-0.2, 0) is 12.3 Å². The number of aliphatic hydroxyl groups excluding tert-OH is 1. The highest BCUT2D eigenvalue weighted by molar-refractivity contribution is 7.98. The van der Waals surface area contributed by atoms with Crippen LogP contribution in [0.5, 0.6) is 0 Å². The van der Waals surface area contributed by atoms with Gasteiger partial charge in [-0.2, -0.15) is 11.8 Å². The van der Waals surface area contributed by atoms with E-state index in [-0.39, 0.29) is 13.2 Å². The molecule has 0 unspecified atom stereocenters. The molecule has 0 amide bonds. The molecule has 130 valence electrons. The van der Waals surface area contributed by atoms with Crippen LogP contribution in [0.2, 0.25) is 0 Å². The van der Waals surface area contributed by atoms with Crippen LogP contribution in [0.1, 0.15) is 10.7 Å². The first-order chi connectivity index (χ1) is 11.0. The normalized spacial score (nSPS) is 11.7. The third-order valence-electron chi connectivity index (χ3n) is 2.52. The molecule has 0 saturated heterocycles. The predicted octanol–water partition coefficient (Wildman–Crippen LogP) is 0.685. The fourth-order valence-corrected chi connectivity index (χ4v) is 3.41. The molecule has 10 heteroatoms. The number of thiazole rings is 1. The first-order valence-corrected chi connectivity index (χ1v) is 9.14. The van der Waals surface area contributed by atoms with Crippen molar-refractivity contribution in [1.29, 1.82) is 0 Å². The molecule has 0 aliphatic rings. The van der Waals surface area contributed by atoms with Gasteiger partial charge in [-0.05, 0) is 14.1 Å². The third kappa shape index (κ3) is 9.39. The van der Waals surface area contributed by atoms with E-state index in [4.69, 9.17) is 5.11 Å². The van der Waals surface area contributed by atoms with Gasteiger partial charge in [-0.3, -0.25) is 10.1 Å². The van der Waals surface area contributed by atoms with Gasteiger partial charge in [-0.1, -0.05) is 0 Å². The molecule has 0 spiro atoms. The first kappa shape index (κ1) is 19.7. The van der Waals surface area contributed by atoms with Crippen LogP contribution in [-0.4, -0.2) is 59.5 Å². The average molecular weight is 361 g/mol. The van der Waals surface area contributed by atoms with E-state index in [0.717, 1.165) is 35.0 Å². The van der Waals surface area contributed by atoms with E-state index in [2.05, 4.69) is 25.9 Å². The van der Waals surface area contributed by atoms with Crippen LogP contribution in [0, 0.1) is 10.1 Å². The lowest BCUT2D eigenvalue weighted by Crippen LogP contribution is -2.30. The minimum absolute atomic E-state index is 0.0788. The summed E-state index contributed by atoms with van der Waals surface area (Å²) in [4.78, 5) is 16.6. The monoisotopic (exact) mass is 361 g/mol. The maximum atomic E-state index is 10.5. The summed E-state index contributed by atoms with van der Waals surface area (Å²) in [5, 5.41) is 28.1. The van der Waals surface area contributed by atoms with E-state index in [1.54, 1.807) is 23.1 Å². The molecule has 0 fully saturated rings. The number of aliphatic hydroxyl groups is 1. The maximum Gasteiger partial charge on any atom is 0.274 e. The Balaban J connectivity index is 2.25. The molecule has 0 saturated carbocycles. The van der Waals surface area contributed by atoms with Gasteiger partial charge in [-0.25, -0.2) is 4.98 Å². The lowest BCUT2D eigenvalue weighted by molar-refractivity contribution is -0.404. The molecular weight excluding hydrogens is 338 g/mol. The minimum atomic E-state index is -0.526. The third-order valence-corrected chi connectivity index (χ3v) is 4.40. The standard InChI is InChI=1S/C13H23N5O3S2/c1-17(2)8-13-16-11(10-23-13)9-22-6-4-15-12(7-18(20)21)14-3-5-19/h7,10,14-15,19H,3-6,8-9H2,1-2H3. The van der Waals surface area contributed by atoms with Gasteiger partial charge in [0.1, 0.15) is 5.01 Å². The summed E-state index contributed by atoms with van der Waals surface area (Å²) in [6.45, 7) is 1.64. The van der Waals surface area contributed by atoms with Crippen molar-refractivity contribution in [1.82, 2.24) is 20.5 Å². The number of rotatable bonds is 12. The summed E-state index contributed by atoms with van der Waals surface area (Å²) in [6, 6.07) is 0. The summed E-state index contributed by atoms with van der Waals surface area (Å²) in [5.74, 6) is 1.94. The molecule has 1 aromatic rings. The van der Waals surface area contributed by atoms with Crippen molar-refractivity contribution >= 4 is 23.1 Å². The van der Waals surface area contributed by atoms with Crippen molar-refractivity contribution in [2.75, 3.05) is 39.5 Å². The SMILES string of the molecule is CN(C)Cc1nc(CSCCNC(=C[N+](=O)[O-])NCCO)cs1. The minimum Gasteiger partial charge on any atom is -0.395 e. The number of nitro groups is 1. The number of nitrogens with zero attached hydrogens (tertiary/aromatic N) is 3. The van der Waals surface area contributed by atoms with Gasteiger partial charge >= 0.3 is 0 Å². The summed E-state index contributed by atoms with van der Waals surface area (Å²) >= 11 is 3.38. The molecule has 0 radical (unpaired) electrons. The second-order valence-electron chi connectivity index (χ2n) is 4.93. The van der Waals surface area contributed by atoms with E-state index in [1.165, 1.54) is 0 Å². The lowest BCUT2D eigenvalue weighted by Gasteiger charge is -2.09. The van der Waals surface area contributed by atoms with E-state index in [1.807, 2.05) is 14.1 Å². The number of thioether (sulfide) groups is 1. The number of nitrogens with one attached hydrogen (secondary N) is 2.